The molecule has 0 aliphatic rings. The van der Waals surface area contributed by atoms with Crippen molar-refractivity contribution >= 4 is 27.3 Å². The monoisotopic (exact) mass is 367 g/mol. The zero-order valence-electron chi connectivity index (χ0n) is 12.9. The van der Waals surface area contributed by atoms with Gasteiger partial charge in [0.1, 0.15) is 11.9 Å². The average molecular weight is 368 g/mol. The highest BCUT2D eigenvalue weighted by Crippen LogP contribution is 2.35. The molecule has 2 N–H and O–H groups in total. The van der Waals surface area contributed by atoms with Gasteiger partial charge in [-0.1, -0.05) is 26.0 Å². The minimum atomic E-state index is -0.124. The lowest BCUT2D eigenvalue weighted by atomic mass is 10.0. The summed E-state index contributed by atoms with van der Waals surface area (Å²) in [6.07, 6.45) is -0.124. The van der Waals surface area contributed by atoms with Crippen LogP contribution >= 0.6 is 27.3 Å². The molecule has 2 atom stereocenters. The standard InChI is InChI=1S/C17H22BrNOS/c1-10(2)13-6-5-11(3)9-14(13)20-17(12(4)19)15-7-8-16(18)21-15/h5-10,12,17H,19H2,1-4H3. The molecular weight excluding hydrogens is 346 g/mol. The minimum Gasteiger partial charge on any atom is -0.483 e. The Morgan fingerprint density at radius 2 is 1.86 bits per heavy atom. The van der Waals surface area contributed by atoms with E-state index in [1.165, 1.54) is 11.1 Å². The van der Waals surface area contributed by atoms with Crippen LogP contribution in [0.3, 0.4) is 0 Å². The molecule has 2 aromatic rings. The molecule has 4 heteroatoms. The smallest absolute Gasteiger partial charge is 0.148 e. The Kier molecular flexibility index (Phi) is 5.47. The number of nitrogens with two attached hydrogens (primary N) is 1. The normalized spacial score (nSPS) is 14.2. The van der Waals surface area contributed by atoms with Crippen LogP contribution in [0, 0.1) is 6.92 Å². The summed E-state index contributed by atoms with van der Waals surface area (Å²) in [5.74, 6) is 1.36. The zero-order chi connectivity index (χ0) is 15.6. The molecule has 0 radical (unpaired) electrons. The molecule has 2 unspecified atom stereocenters. The van der Waals surface area contributed by atoms with Crippen LogP contribution in [0.4, 0.5) is 0 Å². The van der Waals surface area contributed by atoms with E-state index in [1.807, 2.05) is 13.0 Å². The number of hydrogen-bond donors (Lipinski definition) is 1. The van der Waals surface area contributed by atoms with Crippen LogP contribution in [0.25, 0.3) is 0 Å². The van der Waals surface area contributed by atoms with Gasteiger partial charge in [0.05, 0.1) is 3.79 Å². The highest BCUT2D eigenvalue weighted by Gasteiger charge is 2.22. The number of thiophene rings is 1. The van der Waals surface area contributed by atoms with Crippen LogP contribution < -0.4 is 10.5 Å². The van der Waals surface area contributed by atoms with Gasteiger partial charge in [0.15, 0.2) is 0 Å². The van der Waals surface area contributed by atoms with Crippen molar-refractivity contribution in [1.29, 1.82) is 0 Å². The van der Waals surface area contributed by atoms with E-state index in [2.05, 4.69) is 61.0 Å². The molecule has 1 aromatic heterocycles. The molecule has 1 aromatic carbocycles. The van der Waals surface area contributed by atoms with E-state index in [0.717, 1.165) is 14.4 Å². The SMILES string of the molecule is Cc1ccc(C(C)C)c(OC(c2ccc(Br)s2)C(C)N)c1. The number of benzene rings is 1. The maximum Gasteiger partial charge on any atom is 0.148 e. The van der Waals surface area contributed by atoms with E-state index >= 15 is 0 Å². The second-order valence-corrected chi connectivity index (χ2v) is 8.23. The van der Waals surface area contributed by atoms with Crippen molar-refractivity contribution in [2.45, 2.75) is 45.8 Å². The molecule has 0 aliphatic heterocycles. The van der Waals surface area contributed by atoms with Gasteiger partial charge in [0.2, 0.25) is 0 Å². The zero-order valence-corrected chi connectivity index (χ0v) is 15.3. The Morgan fingerprint density at radius 1 is 1.14 bits per heavy atom. The number of rotatable bonds is 5. The van der Waals surface area contributed by atoms with Gasteiger partial charge in [-0.2, -0.15) is 0 Å². The summed E-state index contributed by atoms with van der Waals surface area (Å²) in [7, 11) is 0. The third-order valence-electron chi connectivity index (χ3n) is 3.40. The summed E-state index contributed by atoms with van der Waals surface area (Å²) in [5, 5.41) is 0. The van der Waals surface area contributed by atoms with E-state index < -0.39 is 0 Å². The molecule has 0 spiro atoms. The van der Waals surface area contributed by atoms with Crippen molar-refractivity contribution in [3.63, 3.8) is 0 Å². The molecule has 114 valence electrons. The lowest BCUT2D eigenvalue weighted by molar-refractivity contribution is 0.181. The first-order valence-electron chi connectivity index (χ1n) is 7.16. The predicted octanol–water partition coefficient (Wildman–Crippen LogP) is 5.41. The van der Waals surface area contributed by atoms with Crippen LogP contribution in [0.15, 0.2) is 34.1 Å². The molecular formula is C17H22BrNOS. The largest absolute Gasteiger partial charge is 0.483 e. The van der Waals surface area contributed by atoms with Crippen LogP contribution in [0.1, 0.15) is 48.8 Å². The first-order chi connectivity index (χ1) is 9.88. The topological polar surface area (TPSA) is 35.2 Å². The van der Waals surface area contributed by atoms with E-state index in [-0.39, 0.29) is 12.1 Å². The minimum absolute atomic E-state index is 0.0731. The van der Waals surface area contributed by atoms with E-state index in [9.17, 15) is 0 Å². The fourth-order valence-corrected chi connectivity index (χ4v) is 3.83. The maximum atomic E-state index is 6.31. The third kappa shape index (κ3) is 4.09. The number of ether oxygens (including phenoxy) is 1. The second kappa shape index (κ2) is 6.95. The lowest BCUT2D eigenvalue weighted by Crippen LogP contribution is -2.28. The Hall–Kier alpha value is -0.840. The molecule has 2 nitrogen and oxygen atoms in total. The van der Waals surface area contributed by atoms with Gasteiger partial charge in [-0.15, -0.1) is 11.3 Å². The highest BCUT2D eigenvalue weighted by atomic mass is 79.9. The van der Waals surface area contributed by atoms with Gasteiger partial charge in [-0.25, -0.2) is 0 Å². The van der Waals surface area contributed by atoms with Gasteiger partial charge >= 0.3 is 0 Å². The van der Waals surface area contributed by atoms with Crippen LogP contribution in [0.5, 0.6) is 5.75 Å². The number of hydrogen-bond acceptors (Lipinski definition) is 3. The molecule has 2 rings (SSSR count). The van der Waals surface area contributed by atoms with Crippen molar-refractivity contribution in [3.8, 4) is 5.75 Å². The van der Waals surface area contributed by atoms with E-state index in [0.29, 0.717) is 5.92 Å². The lowest BCUT2D eigenvalue weighted by Gasteiger charge is -2.24. The Morgan fingerprint density at radius 3 is 2.38 bits per heavy atom. The van der Waals surface area contributed by atoms with Gasteiger partial charge in [-0.05, 0) is 65.0 Å². The summed E-state index contributed by atoms with van der Waals surface area (Å²) in [6.45, 7) is 8.43. The predicted molar refractivity (Wildman–Crippen MR) is 94.3 cm³/mol. The van der Waals surface area contributed by atoms with Crippen LogP contribution in [-0.4, -0.2) is 6.04 Å². The van der Waals surface area contributed by atoms with E-state index in [4.69, 9.17) is 10.5 Å². The molecule has 0 saturated heterocycles. The molecule has 21 heavy (non-hydrogen) atoms. The van der Waals surface area contributed by atoms with Gasteiger partial charge in [0, 0.05) is 10.9 Å². The first kappa shape index (κ1) is 16.5. The quantitative estimate of drug-likeness (QED) is 0.766. The summed E-state index contributed by atoms with van der Waals surface area (Å²) < 4.78 is 7.41. The van der Waals surface area contributed by atoms with Gasteiger partial charge < -0.3 is 10.5 Å². The summed E-state index contributed by atoms with van der Waals surface area (Å²) in [6, 6.07) is 10.4. The fraction of sp³-hybridized carbons (Fsp3) is 0.412. The molecule has 0 amide bonds. The Bertz CT molecular complexity index is 607. The summed E-state index contributed by atoms with van der Waals surface area (Å²) in [4.78, 5) is 1.15. The summed E-state index contributed by atoms with van der Waals surface area (Å²) >= 11 is 5.18. The van der Waals surface area contributed by atoms with Crippen molar-refractivity contribution < 1.29 is 4.74 Å². The second-order valence-electron chi connectivity index (χ2n) is 5.74. The maximum absolute atomic E-state index is 6.31. The number of halogens is 1. The molecule has 1 heterocycles. The number of aryl methyl sites for hydroxylation is 1. The summed E-state index contributed by atoms with van der Waals surface area (Å²) in [5.41, 5.74) is 8.58. The molecule has 0 bridgehead atoms. The van der Waals surface area contributed by atoms with E-state index in [1.54, 1.807) is 11.3 Å². The Balaban J connectivity index is 2.35. The fourth-order valence-electron chi connectivity index (χ4n) is 2.26. The van der Waals surface area contributed by atoms with Gasteiger partial charge in [-0.3, -0.25) is 0 Å². The van der Waals surface area contributed by atoms with Crippen molar-refractivity contribution in [1.82, 2.24) is 0 Å². The van der Waals surface area contributed by atoms with Crippen molar-refractivity contribution in [2.24, 2.45) is 5.73 Å². The average Bonchev–Trinajstić information content (AvgIpc) is 2.81. The highest BCUT2D eigenvalue weighted by molar-refractivity contribution is 9.11. The van der Waals surface area contributed by atoms with Crippen molar-refractivity contribution in [3.05, 3.63) is 50.1 Å². The van der Waals surface area contributed by atoms with Crippen LogP contribution in [0.2, 0.25) is 0 Å². The van der Waals surface area contributed by atoms with Crippen molar-refractivity contribution in [2.75, 3.05) is 0 Å². The first-order valence-corrected chi connectivity index (χ1v) is 8.77. The Labute approximate surface area is 139 Å². The molecule has 0 saturated carbocycles. The molecule has 0 fully saturated rings. The van der Waals surface area contributed by atoms with Crippen LogP contribution in [-0.2, 0) is 0 Å². The third-order valence-corrected chi connectivity index (χ3v) is 5.08. The van der Waals surface area contributed by atoms with Gasteiger partial charge in [0.25, 0.3) is 0 Å². The molecule has 0 aliphatic carbocycles.